The molecule has 0 saturated heterocycles. The van der Waals surface area contributed by atoms with Gasteiger partial charge in [-0.1, -0.05) is 0 Å². The van der Waals surface area contributed by atoms with E-state index in [1.165, 1.54) is 0 Å². The van der Waals surface area contributed by atoms with Gasteiger partial charge in [0.25, 0.3) is 5.91 Å². The molecular weight excluding hydrogens is 176 g/mol. The van der Waals surface area contributed by atoms with Gasteiger partial charge in [-0.25, -0.2) is 5.84 Å². The van der Waals surface area contributed by atoms with Crippen molar-refractivity contribution in [3.05, 3.63) is 0 Å². The van der Waals surface area contributed by atoms with Crippen molar-refractivity contribution in [2.45, 2.75) is 19.3 Å². The molecule has 0 aromatic heterocycles. The van der Waals surface area contributed by atoms with Gasteiger partial charge >= 0.3 is 5.97 Å². The second-order valence-corrected chi connectivity index (χ2v) is 2.96. The first-order chi connectivity index (χ1) is 6.05. The van der Waals surface area contributed by atoms with Gasteiger partial charge < -0.3 is 5.11 Å². The minimum Gasteiger partial charge on any atom is -0.480 e. The van der Waals surface area contributed by atoms with Crippen LogP contribution in [0.15, 0.2) is 0 Å². The monoisotopic (exact) mass is 186 g/mol. The van der Waals surface area contributed by atoms with Crippen LogP contribution < -0.4 is 11.3 Å². The summed E-state index contributed by atoms with van der Waals surface area (Å²) < 4.78 is 0. The van der Waals surface area contributed by atoms with Crippen LogP contribution >= 0.6 is 0 Å². The molecular formula is C7H10N2O4. The molecule has 0 spiro atoms. The minimum atomic E-state index is -1.94. The summed E-state index contributed by atoms with van der Waals surface area (Å²) in [5.74, 6) is 1.91. The number of amides is 1. The topological polar surface area (TPSA) is 109 Å². The van der Waals surface area contributed by atoms with E-state index in [0.717, 1.165) is 0 Å². The molecule has 72 valence electrons. The SMILES string of the molecule is NNC(=O)C1(C(=O)O)CCCC1=O. The molecule has 6 nitrogen and oxygen atoms in total. The van der Waals surface area contributed by atoms with Crippen molar-refractivity contribution in [2.75, 3.05) is 0 Å². The molecule has 4 N–H and O–H groups in total. The van der Waals surface area contributed by atoms with E-state index in [9.17, 15) is 14.4 Å². The van der Waals surface area contributed by atoms with Crippen LogP contribution in [0.2, 0.25) is 0 Å². The maximum absolute atomic E-state index is 11.2. The third-order valence-corrected chi connectivity index (χ3v) is 2.32. The van der Waals surface area contributed by atoms with Crippen molar-refractivity contribution in [1.82, 2.24) is 5.43 Å². The van der Waals surface area contributed by atoms with Gasteiger partial charge in [0.05, 0.1) is 0 Å². The van der Waals surface area contributed by atoms with Crippen molar-refractivity contribution < 1.29 is 19.5 Å². The fraction of sp³-hybridized carbons (Fsp3) is 0.571. The first kappa shape index (κ1) is 9.66. The van der Waals surface area contributed by atoms with Crippen LogP contribution in [-0.4, -0.2) is 22.8 Å². The van der Waals surface area contributed by atoms with Crippen molar-refractivity contribution in [3.63, 3.8) is 0 Å². The number of carboxylic acids is 1. The van der Waals surface area contributed by atoms with Crippen LogP contribution in [0.5, 0.6) is 0 Å². The normalized spacial score (nSPS) is 27.3. The zero-order chi connectivity index (χ0) is 10.1. The van der Waals surface area contributed by atoms with Crippen LogP contribution in [0.3, 0.4) is 0 Å². The molecule has 1 fully saturated rings. The molecule has 1 unspecified atom stereocenters. The summed E-state index contributed by atoms with van der Waals surface area (Å²) in [5, 5.41) is 8.80. The van der Waals surface area contributed by atoms with Crippen LogP contribution in [0.1, 0.15) is 19.3 Å². The Balaban J connectivity index is 3.08. The van der Waals surface area contributed by atoms with Crippen molar-refractivity contribution in [1.29, 1.82) is 0 Å². The van der Waals surface area contributed by atoms with E-state index in [4.69, 9.17) is 10.9 Å². The van der Waals surface area contributed by atoms with Crippen molar-refractivity contribution in [2.24, 2.45) is 11.3 Å². The predicted octanol–water partition coefficient (Wildman–Crippen LogP) is -1.20. The van der Waals surface area contributed by atoms with E-state index in [1.54, 1.807) is 5.43 Å². The van der Waals surface area contributed by atoms with Crippen LogP contribution in [0.4, 0.5) is 0 Å². The van der Waals surface area contributed by atoms with E-state index >= 15 is 0 Å². The summed E-state index contributed by atoms with van der Waals surface area (Å²) in [5.41, 5.74) is -0.217. The lowest BCUT2D eigenvalue weighted by molar-refractivity contribution is -0.159. The van der Waals surface area contributed by atoms with Gasteiger partial charge in [-0.05, 0) is 12.8 Å². The standard InChI is InChI=1S/C7H10N2O4/c8-9-5(11)7(6(12)13)3-1-2-4(7)10/h1-3,8H2,(H,9,11)(H,12,13). The Morgan fingerprint density at radius 3 is 2.46 bits per heavy atom. The van der Waals surface area contributed by atoms with Gasteiger partial charge in [-0.15, -0.1) is 0 Å². The van der Waals surface area contributed by atoms with Gasteiger partial charge in [0.1, 0.15) is 0 Å². The maximum atomic E-state index is 11.2. The Bertz CT molecular complexity index is 276. The molecule has 1 rings (SSSR count). The Morgan fingerprint density at radius 2 is 2.15 bits per heavy atom. The molecule has 1 aliphatic carbocycles. The number of aliphatic carboxylic acids is 1. The molecule has 0 radical (unpaired) electrons. The summed E-state index contributed by atoms with van der Waals surface area (Å²) in [6, 6.07) is 0. The number of rotatable bonds is 2. The number of carbonyl (C=O) groups is 3. The second kappa shape index (κ2) is 3.14. The van der Waals surface area contributed by atoms with Crippen LogP contribution in [-0.2, 0) is 14.4 Å². The summed E-state index contributed by atoms with van der Waals surface area (Å²) in [4.78, 5) is 33.2. The highest BCUT2D eigenvalue weighted by Crippen LogP contribution is 2.35. The number of carbonyl (C=O) groups excluding carboxylic acids is 2. The molecule has 0 aromatic carbocycles. The zero-order valence-corrected chi connectivity index (χ0v) is 6.87. The number of carboxylic acid groups (broad SMARTS) is 1. The molecule has 0 aromatic rings. The number of hydrogen-bond donors (Lipinski definition) is 3. The van der Waals surface area contributed by atoms with Crippen molar-refractivity contribution >= 4 is 17.7 Å². The first-order valence-corrected chi connectivity index (χ1v) is 3.83. The predicted molar refractivity (Wildman–Crippen MR) is 41.3 cm³/mol. The van der Waals surface area contributed by atoms with Gasteiger partial charge in [-0.3, -0.25) is 19.8 Å². The largest absolute Gasteiger partial charge is 0.480 e. The van der Waals surface area contributed by atoms with E-state index in [-0.39, 0.29) is 12.8 Å². The Kier molecular flexibility index (Phi) is 2.33. The summed E-state index contributed by atoms with van der Waals surface area (Å²) >= 11 is 0. The number of hydrazine groups is 1. The zero-order valence-electron chi connectivity index (χ0n) is 6.87. The molecule has 1 amide bonds. The van der Waals surface area contributed by atoms with E-state index < -0.39 is 23.1 Å². The first-order valence-electron chi connectivity index (χ1n) is 3.83. The molecule has 0 heterocycles. The molecule has 0 bridgehead atoms. The lowest BCUT2D eigenvalue weighted by atomic mass is 9.84. The Hall–Kier alpha value is -1.43. The maximum Gasteiger partial charge on any atom is 0.326 e. The van der Waals surface area contributed by atoms with Crippen molar-refractivity contribution in [3.8, 4) is 0 Å². The quantitative estimate of drug-likeness (QED) is 0.217. The third kappa shape index (κ3) is 1.19. The highest BCUT2D eigenvalue weighted by atomic mass is 16.4. The van der Waals surface area contributed by atoms with Gasteiger partial charge in [0.2, 0.25) is 5.41 Å². The number of nitrogens with two attached hydrogens (primary N) is 1. The fourth-order valence-corrected chi connectivity index (χ4v) is 1.55. The average molecular weight is 186 g/mol. The second-order valence-electron chi connectivity index (χ2n) is 2.96. The number of hydrogen-bond acceptors (Lipinski definition) is 4. The van der Waals surface area contributed by atoms with E-state index in [2.05, 4.69) is 0 Å². The van der Waals surface area contributed by atoms with Gasteiger partial charge in [-0.2, -0.15) is 0 Å². The lowest BCUT2D eigenvalue weighted by Crippen LogP contribution is -2.51. The Morgan fingerprint density at radius 1 is 1.54 bits per heavy atom. The average Bonchev–Trinajstić information content (AvgIpc) is 2.47. The minimum absolute atomic E-state index is 0.0319. The van der Waals surface area contributed by atoms with Crippen LogP contribution in [0.25, 0.3) is 0 Å². The Labute approximate surface area is 74.1 Å². The third-order valence-electron chi connectivity index (χ3n) is 2.32. The molecule has 6 heteroatoms. The molecule has 1 aliphatic rings. The number of ketones is 1. The molecule has 1 saturated carbocycles. The molecule has 0 aliphatic heterocycles. The smallest absolute Gasteiger partial charge is 0.326 e. The number of Topliss-reactive ketones (excluding diaryl/α,β-unsaturated/α-hetero) is 1. The molecule has 1 atom stereocenters. The molecule has 13 heavy (non-hydrogen) atoms. The van der Waals surface area contributed by atoms with E-state index in [0.29, 0.717) is 6.42 Å². The van der Waals surface area contributed by atoms with E-state index in [1.807, 2.05) is 0 Å². The number of nitrogens with one attached hydrogen (secondary N) is 1. The highest BCUT2D eigenvalue weighted by molar-refractivity contribution is 6.22. The van der Waals surface area contributed by atoms with Gasteiger partial charge in [0, 0.05) is 6.42 Å². The van der Waals surface area contributed by atoms with Gasteiger partial charge in [0.15, 0.2) is 5.78 Å². The highest BCUT2D eigenvalue weighted by Gasteiger charge is 2.55. The summed E-state index contributed by atoms with van der Waals surface area (Å²) in [6.45, 7) is 0. The van der Waals surface area contributed by atoms with Crippen LogP contribution in [0, 0.1) is 5.41 Å². The lowest BCUT2D eigenvalue weighted by Gasteiger charge is -2.19. The summed E-state index contributed by atoms with van der Waals surface area (Å²) in [6.07, 6.45) is 0.572. The fourth-order valence-electron chi connectivity index (χ4n) is 1.55. The summed E-state index contributed by atoms with van der Waals surface area (Å²) in [7, 11) is 0.